The van der Waals surface area contributed by atoms with Gasteiger partial charge in [0.1, 0.15) is 17.3 Å². The second kappa shape index (κ2) is 11.5. The average Bonchev–Trinajstić information content (AvgIpc) is 2.85. The third kappa shape index (κ3) is 6.05. The van der Waals surface area contributed by atoms with E-state index < -0.39 is 93.6 Å². The number of fused-ring (bicyclic) bond motifs is 3. The zero-order valence-electron chi connectivity index (χ0n) is 27.3. The molecule has 4 rings (SSSR count). The number of likely N-dealkylation sites (N-methyl/N-ethyl adjacent to an activating group) is 1. The molecule has 250 valence electrons. The first kappa shape index (κ1) is 35.0. The van der Waals surface area contributed by atoms with Crippen LogP contribution in [0, 0.1) is 29.1 Å². The molecule has 0 saturated heterocycles. The molecular formula is C33H46F3N3O6. The van der Waals surface area contributed by atoms with Crippen LogP contribution in [0.4, 0.5) is 13.2 Å². The number of benzene rings is 1. The Kier molecular flexibility index (Phi) is 8.91. The molecule has 2 fully saturated rings. The molecule has 6 atom stereocenters. The van der Waals surface area contributed by atoms with Crippen LogP contribution in [0.25, 0.3) is 0 Å². The number of alkyl halides is 3. The predicted octanol–water partition coefficient (Wildman–Crippen LogP) is 3.74. The lowest BCUT2D eigenvalue weighted by molar-refractivity contribution is -0.176. The van der Waals surface area contributed by atoms with Crippen LogP contribution >= 0.6 is 0 Å². The van der Waals surface area contributed by atoms with Gasteiger partial charge in [0.25, 0.3) is 0 Å². The lowest BCUT2D eigenvalue weighted by atomic mass is 9.52. The molecule has 0 spiro atoms. The Morgan fingerprint density at radius 2 is 1.71 bits per heavy atom. The summed E-state index contributed by atoms with van der Waals surface area (Å²) in [6.07, 6.45) is -5.27. The number of amides is 1. The normalized spacial score (nSPS) is 29.1. The van der Waals surface area contributed by atoms with Crippen molar-refractivity contribution in [2.45, 2.75) is 97.1 Å². The van der Waals surface area contributed by atoms with E-state index in [1.807, 2.05) is 25.7 Å². The minimum absolute atomic E-state index is 0.110. The highest BCUT2D eigenvalue weighted by molar-refractivity contribution is 6.17. The standard InChI is InChI=1S/C33H46F3N3O6/c1-9-39(31(5,6)15-30(2,3)4)14-17-12-21(40)23-18(24(17)33(34,35)36)10-16-11-20-25(38(7)8)26(41)19(29(37)44)13-32(20,45)28(43)22(16)27(23)42/h12,16,19-20,22,25,40,45H,9-11,13-15H2,1-8H3,(H2,37,44). The van der Waals surface area contributed by atoms with Crippen LogP contribution in [0.15, 0.2) is 6.07 Å². The van der Waals surface area contributed by atoms with Crippen molar-refractivity contribution in [2.24, 2.45) is 34.8 Å². The predicted molar refractivity (Wildman–Crippen MR) is 160 cm³/mol. The summed E-state index contributed by atoms with van der Waals surface area (Å²) in [6, 6.07) is -0.141. The smallest absolute Gasteiger partial charge is 0.417 e. The van der Waals surface area contributed by atoms with E-state index in [-0.39, 0.29) is 35.9 Å². The van der Waals surface area contributed by atoms with Crippen molar-refractivity contribution in [2.75, 3.05) is 20.6 Å². The monoisotopic (exact) mass is 637 g/mol. The summed E-state index contributed by atoms with van der Waals surface area (Å²) in [5.41, 5.74) is 0.452. The molecule has 3 aliphatic carbocycles. The Bertz CT molecular complexity index is 1420. The van der Waals surface area contributed by atoms with Gasteiger partial charge in [-0.15, -0.1) is 0 Å². The van der Waals surface area contributed by atoms with Gasteiger partial charge in [0.2, 0.25) is 5.91 Å². The number of aliphatic hydroxyl groups is 1. The van der Waals surface area contributed by atoms with Crippen molar-refractivity contribution in [1.29, 1.82) is 0 Å². The SMILES string of the molecule is CCN(Cc1cc(O)c2c(c1C(F)(F)F)CC1CC3C(N(C)C)C(=O)C(C(N)=O)CC3(O)C(=O)C1C2=O)C(C)(C)CC(C)(C)C. The summed E-state index contributed by atoms with van der Waals surface area (Å²) in [7, 11) is 3.08. The topological polar surface area (TPSA) is 141 Å². The van der Waals surface area contributed by atoms with E-state index in [0.29, 0.717) is 13.0 Å². The number of Topliss-reactive ketones (excluding diaryl/α,β-unsaturated/α-hetero) is 3. The van der Waals surface area contributed by atoms with Crippen molar-refractivity contribution in [3.8, 4) is 5.75 Å². The lowest BCUT2D eigenvalue weighted by Gasteiger charge is -2.53. The first-order chi connectivity index (χ1) is 20.5. The van der Waals surface area contributed by atoms with Crippen LogP contribution in [0.2, 0.25) is 0 Å². The lowest BCUT2D eigenvalue weighted by Crippen LogP contribution is -2.69. The highest BCUT2D eigenvalue weighted by Crippen LogP contribution is 2.53. The Labute approximate surface area is 262 Å². The summed E-state index contributed by atoms with van der Waals surface area (Å²) in [4.78, 5) is 56.7. The van der Waals surface area contributed by atoms with E-state index in [0.717, 1.165) is 6.07 Å². The summed E-state index contributed by atoms with van der Waals surface area (Å²) in [5.74, 6) is -9.24. The van der Waals surface area contributed by atoms with E-state index in [4.69, 9.17) is 5.73 Å². The number of phenolic OH excluding ortho intramolecular Hbond substituents is 1. The Morgan fingerprint density at radius 1 is 1.11 bits per heavy atom. The summed E-state index contributed by atoms with van der Waals surface area (Å²) < 4.78 is 44.9. The van der Waals surface area contributed by atoms with E-state index in [2.05, 4.69) is 20.8 Å². The number of ketones is 3. The van der Waals surface area contributed by atoms with E-state index in [1.54, 1.807) is 0 Å². The Balaban J connectivity index is 1.85. The molecule has 6 unspecified atom stereocenters. The van der Waals surface area contributed by atoms with E-state index in [9.17, 15) is 42.6 Å². The van der Waals surface area contributed by atoms with Crippen molar-refractivity contribution in [3.05, 3.63) is 28.3 Å². The van der Waals surface area contributed by atoms with Crippen molar-refractivity contribution in [1.82, 2.24) is 9.80 Å². The number of hydrogen-bond acceptors (Lipinski definition) is 8. The first-order valence-corrected chi connectivity index (χ1v) is 15.5. The maximum atomic E-state index is 15.0. The summed E-state index contributed by atoms with van der Waals surface area (Å²) in [6.45, 7) is 12.2. The van der Waals surface area contributed by atoms with Crippen LogP contribution < -0.4 is 5.73 Å². The van der Waals surface area contributed by atoms with Gasteiger partial charge in [-0.05, 0) is 82.3 Å². The molecule has 45 heavy (non-hydrogen) atoms. The minimum atomic E-state index is -4.88. The fraction of sp³-hybridized carbons (Fsp3) is 0.697. The van der Waals surface area contributed by atoms with Crippen LogP contribution in [0.5, 0.6) is 5.75 Å². The molecule has 0 radical (unpaired) electrons. The van der Waals surface area contributed by atoms with Crippen molar-refractivity contribution >= 4 is 23.3 Å². The Hall–Kier alpha value is -2.83. The maximum absolute atomic E-state index is 15.0. The van der Waals surface area contributed by atoms with Crippen molar-refractivity contribution < 1.29 is 42.6 Å². The molecular weight excluding hydrogens is 591 g/mol. The fourth-order valence-electron chi connectivity index (χ4n) is 8.70. The second-order valence-electron chi connectivity index (χ2n) is 15.3. The van der Waals surface area contributed by atoms with Crippen LogP contribution in [-0.4, -0.2) is 81.1 Å². The first-order valence-electron chi connectivity index (χ1n) is 15.5. The van der Waals surface area contributed by atoms with Gasteiger partial charge >= 0.3 is 6.18 Å². The second-order valence-corrected chi connectivity index (χ2v) is 15.3. The van der Waals surface area contributed by atoms with E-state index >= 15 is 0 Å². The number of carbonyl (C=O) groups is 4. The maximum Gasteiger partial charge on any atom is 0.417 e. The third-order valence-electron chi connectivity index (χ3n) is 10.1. The fourth-order valence-corrected chi connectivity index (χ4v) is 8.70. The molecule has 9 nitrogen and oxygen atoms in total. The molecule has 0 heterocycles. The Morgan fingerprint density at radius 3 is 2.20 bits per heavy atom. The highest BCUT2D eigenvalue weighted by atomic mass is 19.4. The van der Waals surface area contributed by atoms with Gasteiger partial charge in [-0.3, -0.25) is 29.0 Å². The number of phenols is 1. The molecule has 0 bridgehead atoms. The molecule has 1 aromatic rings. The molecule has 3 aliphatic rings. The number of primary amides is 1. The largest absolute Gasteiger partial charge is 0.507 e. The average molecular weight is 638 g/mol. The van der Waals surface area contributed by atoms with Crippen LogP contribution in [-0.2, 0) is 33.5 Å². The van der Waals surface area contributed by atoms with Crippen LogP contribution in [0.1, 0.15) is 87.9 Å². The van der Waals surface area contributed by atoms with Gasteiger partial charge in [-0.25, -0.2) is 0 Å². The zero-order chi connectivity index (χ0) is 34.2. The van der Waals surface area contributed by atoms with Gasteiger partial charge < -0.3 is 15.9 Å². The van der Waals surface area contributed by atoms with Gasteiger partial charge in [0.05, 0.1) is 23.1 Å². The zero-order valence-corrected chi connectivity index (χ0v) is 27.3. The molecule has 1 aromatic carbocycles. The number of carbonyl (C=O) groups excluding carboxylic acids is 4. The van der Waals surface area contributed by atoms with Gasteiger partial charge in [0.15, 0.2) is 17.3 Å². The van der Waals surface area contributed by atoms with Crippen LogP contribution in [0.3, 0.4) is 0 Å². The minimum Gasteiger partial charge on any atom is -0.507 e. The summed E-state index contributed by atoms with van der Waals surface area (Å²) >= 11 is 0. The molecule has 2 saturated carbocycles. The third-order valence-corrected chi connectivity index (χ3v) is 10.1. The number of hydrogen-bond donors (Lipinski definition) is 3. The number of aromatic hydroxyl groups is 1. The molecule has 0 aliphatic heterocycles. The van der Waals surface area contributed by atoms with E-state index in [1.165, 1.54) is 19.0 Å². The number of nitrogens with two attached hydrogens (primary N) is 1. The number of nitrogens with zero attached hydrogens (tertiary/aromatic N) is 2. The quantitative estimate of drug-likeness (QED) is 0.384. The number of rotatable bonds is 7. The highest BCUT2D eigenvalue weighted by Gasteiger charge is 2.65. The molecule has 4 N–H and O–H groups in total. The number of halogens is 3. The molecule has 12 heteroatoms. The molecule has 0 aromatic heterocycles. The van der Waals surface area contributed by atoms with Crippen molar-refractivity contribution in [3.63, 3.8) is 0 Å². The van der Waals surface area contributed by atoms with Gasteiger partial charge in [-0.1, -0.05) is 27.7 Å². The van der Waals surface area contributed by atoms with Gasteiger partial charge in [-0.2, -0.15) is 13.2 Å². The molecule has 1 amide bonds. The summed E-state index contributed by atoms with van der Waals surface area (Å²) in [5, 5.41) is 22.9. The van der Waals surface area contributed by atoms with Gasteiger partial charge in [0, 0.05) is 24.4 Å².